The van der Waals surface area contributed by atoms with E-state index in [4.69, 9.17) is 12.2 Å². The molecule has 0 aliphatic carbocycles. The van der Waals surface area contributed by atoms with Crippen LogP contribution in [-0.4, -0.2) is 29.0 Å². The maximum atomic E-state index is 15.3. The lowest BCUT2D eigenvalue weighted by molar-refractivity contribution is -0.122. The Labute approximate surface area is 198 Å². The highest BCUT2D eigenvalue weighted by molar-refractivity contribution is 7.80. The number of carbonyl (C=O) groups is 2. The van der Waals surface area contributed by atoms with Gasteiger partial charge >= 0.3 is 0 Å². The van der Waals surface area contributed by atoms with Crippen LogP contribution >= 0.6 is 12.2 Å². The van der Waals surface area contributed by atoms with Gasteiger partial charge in [-0.1, -0.05) is 24.3 Å². The number of benzene rings is 2. The minimum Gasteiger partial charge on any atom is -0.363 e. The Morgan fingerprint density at radius 3 is 2.48 bits per heavy atom. The molecule has 1 saturated heterocycles. The van der Waals surface area contributed by atoms with Crippen molar-refractivity contribution in [3.05, 3.63) is 70.6 Å². The standard InChI is InChI=1S/C26H26FN3O2S/c1-6-29-22-13-20(27)17(11-18(22)16(3)14-26(29,4)5)12-19-23(31)28-25(33)30(24(19)32)21-10-8-7-9-15(21)2/h7-14H,6H2,1-5H3,(H,28,31,33)/b19-12-. The van der Waals surface area contributed by atoms with Crippen molar-refractivity contribution in [2.75, 3.05) is 16.3 Å². The molecule has 0 radical (unpaired) electrons. The number of likely N-dealkylation sites (N-methyl/N-ethyl adjacent to an activating group) is 1. The second kappa shape index (κ2) is 8.23. The first-order valence-electron chi connectivity index (χ1n) is 10.8. The molecular formula is C26H26FN3O2S. The second-order valence-electron chi connectivity index (χ2n) is 8.86. The summed E-state index contributed by atoms with van der Waals surface area (Å²) in [6.45, 7) is 10.8. The second-order valence-corrected chi connectivity index (χ2v) is 9.25. The first kappa shape index (κ1) is 22.9. The maximum Gasteiger partial charge on any atom is 0.270 e. The fourth-order valence-corrected chi connectivity index (χ4v) is 4.92. The third-order valence-corrected chi connectivity index (χ3v) is 6.45. The molecule has 0 aromatic heterocycles. The molecule has 2 aromatic rings. The predicted octanol–water partition coefficient (Wildman–Crippen LogP) is 4.99. The summed E-state index contributed by atoms with van der Waals surface area (Å²) < 4.78 is 15.3. The molecular weight excluding hydrogens is 437 g/mol. The van der Waals surface area contributed by atoms with Gasteiger partial charge in [-0.3, -0.25) is 19.8 Å². The van der Waals surface area contributed by atoms with Gasteiger partial charge < -0.3 is 4.90 Å². The average Bonchev–Trinajstić information content (AvgIpc) is 2.72. The van der Waals surface area contributed by atoms with E-state index in [1.807, 2.05) is 32.9 Å². The van der Waals surface area contributed by atoms with Crippen molar-refractivity contribution in [3.8, 4) is 0 Å². The number of nitrogens with zero attached hydrogens (tertiary/aromatic N) is 2. The molecule has 5 nitrogen and oxygen atoms in total. The van der Waals surface area contributed by atoms with Crippen molar-refractivity contribution < 1.29 is 14.0 Å². The number of carbonyl (C=O) groups excluding carboxylic acids is 2. The van der Waals surface area contributed by atoms with E-state index in [9.17, 15) is 9.59 Å². The molecule has 7 heteroatoms. The number of aryl methyl sites for hydroxylation is 1. The summed E-state index contributed by atoms with van der Waals surface area (Å²) in [4.78, 5) is 29.4. The monoisotopic (exact) mass is 463 g/mol. The SMILES string of the molecule is CCN1c2cc(F)c(/C=C3/C(=O)NC(=S)N(c4ccccc4C)C3=O)cc2C(C)=CC1(C)C. The molecule has 0 atom stereocenters. The van der Waals surface area contributed by atoms with Crippen LogP contribution in [0.15, 0.2) is 48.0 Å². The van der Waals surface area contributed by atoms with Crippen LogP contribution in [0.2, 0.25) is 0 Å². The van der Waals surface area contributed by atoms with E-state index in [0.29, 0.717) is 12.2 Å². The Bertz CT molecular complexity index is 1260. The molecule has 0 bridgehead atoms. The molecule has 2 aliphatic heterocycles. The highest BCUT2D eigenvalue weighted by atomic mass is 32.1. The van der Waals surface area contributed by atoms with E-state index in [1.165, 1.54) is 17.0 Å². The molecule has 0 unspecified atom stereocenters. The summed E-state index contributed by atoms with van der Waals surface area (Å²) in [5.41, 5.74) is 3.84. The quantitative estimate of drug-likeness (QED) is 0.396. The smallest absolute Gasteiger partial charge is 0.270 e. The number of hydrogen-bond donors (Lipinski definition) is 1. The van der Waals surface area contributed by atoms with E-state index in [-0.39, 0.29) is 21.8 Å². The number of allylic oxidation sites excluding steroid dienone is 1. The van der Waals surface area contributed by atoms with Crippen molar-refractivity contribution in [3.63, 3.8) is 0 Å². The van der Waals surface area contributed by atoms with Crippen molar-refractivity contribution in [1.82, 2.24) is 5.32 Å². The van der Waals surface area contributed by atoms with Crippen molar-refractivity contribution in [1.29, 1.82) is 0 Å². The van der Waals surface area contributed by atoms with Crippen molar-refractivity contribution in [2.24, 2.45) is 0 Å². The van der Waals surface area contributed by atoms with Gasteiger partial charge in [-0.2, -0.15) is 0 Å². The van der Waals surface area contributed by atoms with Gasteiger partial charge in [0.15, 0.2) is 5.11 Å². The number of para-hydroxylation sites is 1. The number of amides is 2. The van der Waals surface area contributed by atoms with E-state index in [1.54, 1.807) is 18.2 Å². The van der Waals surface area contributed by atoms with Gasteiger partial charge in [-0.25, -0.2) is 4.39 Å². The number of hydrogen-bond acceptors (Lipinski definition) is 4. The van der Waals surface area contributed by atoms with Crippen LogP contribution in [0.25, 0.3) is 11.6 Å². The zero-order valence-electron chi connectivity index (χ0n) is 19.3. The van der Waals surface area contributed by atoms with Gasteiger partial charge in [-0.15, -0.1) is 0 Å². The van der Waals surface area contributed by atoms with Crippen LogP contribution in [0.3, 0.4) is 0 Å². The van der Waals surface area contributed by atoms with Crippen LogP contribution < -0.4 is 15.1 Å². The number of fused-ring (bicyclic) bond motifs is 1. The fraction of sp³-hybridized carbons (Fsp3) is 0.269. The maximum absolute atomic E-state index is 15.3. The van der Waals surface area contributed by atoms with Crippen LogP contribution in [-0.2, 0) is 9.59 Å². The average molecular weight is 464 g/mol. The highest BCUT2D eigenvalue weighted by Crippen LogP contribution is 2.40. The van der Waals surface area contributed by atoms with Crippen LogP contribution in [0, 0.1) is 12.7 Å². The van der Waals surface area contributed by atoms with Gasteiger partial charge in [0.1, 0.15) is 11.4 Å². The van der Waals surface area contributed by atoms with Crippen molar-refractivity contribution in [2.45, 2.75) is 40.2 Å². The number of halogens is 1. The third-order valence-electron chi connectivity index (χ3n) is 6.17. The Balaban J connectivity index is 1.81. The zero-order valence-corrected chi connectivity index (χ0v) is 20.1. The summed E-state index contributed by atoms with van der Waals surface area (Å²) >= 11 is 5.27. The van der Waals surface area contributed by atoms with Gasteiger partial charge in [0, 0.05) is 23.4 Å². The first-order chi connectivity index (χ1) is 15.5. The zero-order chi connectivity index (χ0) is 24.1. The topological polar surface area (TPSA) is 52.7 Å². The van der Waals surface area contributed by atoms with E-state index in [0.717, 1.165) is 22.4 Å². The molecule has 4 rings (SSSR count). The fourth-order valence-electron chi connectivity index (χ4n) is 4.65. The normalized spacial score (nSPS) is 18.9. The predicted molar refractivity (Wildman–Crippen MR) is 135 cm³/mol. The molecule has 2 aromatic carbocycles. The summed E-state index contributed by atoms with van der Waals surface area (Å²) in [5.74, 6) is -1.73. The molecule has 0 saturated carbocycles. The first-order valence-corrected chi connectivity index (χ1v) is 11.2. The lowest BCUT2D eigenvalue weighted by Gasteiger charge is -2.43. The molecule has 2 amide bonds. The molecule has 1 N–H and O–H groups in total. The lowest BCUT2D eigenvalue weighted by Crippen LogP contribution is -2.54. The van der Waals surface area contributed by atoms with Gasteiger partial charge in [0.2, 0.25) is 0 Å². The number of rotatable bonds is 3. The minimum atomic E-state index is -0.643. The minimum absolute atomic E-state index is 0.00181. The highest BCUT2D eigenvalue weighted by Gasteiger charge is 2.36. The third kappa shape index (κ3) is 3.86. The Kier molecular flexibility index (Phi) is 5.70. The summed E-state index contributed by atoms with van der Waals surface area (Å²) in [6.07, 6.45) is 3.45. The Morgan fingerprint density at radius 1 is 1.12 bits per heavy atom. The Morgan fingerprint density at radius 2 is 1.82 bits per heavy atom. The molecule has 1 fully saturated rings. The van der Waals surface area contributed by atoms with Crippen LogP contribution in [0.5, 0.6) is 0 Å². The molecule has 2 heterocycles. The van der Waals surface area contributed by atoms with Crippen LogP contribution in [0.1, 0.15) is 44.4 Å². The Hall–Kier alpha value is -3.32. The van der Waals surface area contributed by atoms with Gasteiger partial charge in [0.25, 0.3) is 11.8 Å². The van der Waals surface area contributed by atoms with E-state index in [2.05, 4.69) is 30.1 Å². The van der Waals surface area contributed by atoms with Crippen LogP contribution in [0.4, 0.5) is 15.8 Å². The van der Waals surface area contributed by atoms with Crippen molar-refractivity contribution >= 4 is 52.2 Å². The number of thiocarbonyl (C=S) groups is 1. The molecule has 33 heavy (non-hydrogen) atoms. The molecule has 0 spiro atoms. The summed E-state index contributed by atoms with van der Waals surface area (Å²) in [6, 6.07) is 10.4. The van der Waals surface area contributed by atoms with E-state index >= 15 is 4.39 Å². The molecule has 2 aliphatic rings. The lowest BCUT2D eigenvalue weighted by atomic mass is 9.87. The van der Waals surface area contributed by atoms with E-state index < -0.39 is 17.6 Å². The number of anilines is 2. The summed E-state index contributed by atoms with van der Waals surface area (Å²) in [5, 5.41) is 2.56. The van der Waals surface area contributed by atoms with Gasteiger partial charge in [-0.05, 0) is 82.2 Å². The van der Waals surface area contributed by atoms with Gasteiger partial charge in [0.05, 0.1) is 11.2 Å². The largest absolute Gasteiger partial charge is 0.363 e. The molecule has 170 valence electrons. The summed E-state index contributed by atoms with van der Waals surface area (Å²) in [7, 11) is 0. The number of nitrogens with one attached hydrogen (secondary N) is 1.